The lowest BCUT2D eigenvalue weighted by molar-refractivity contribution is -0.140. The maximum absolute atomic E-state index is 12.9. The molecule has 30 heavy (non-hydrogen) atoms. The van der Waals surface area contributed by atoms with Crippen LogP contribution in [0.25, 0.3) is 11.4 Å². The molecule has 7 nitrogen and oxygen atoms in total. The van der Waals surface area contributed by atoms with Gasteiger partial charge < -0.3 is 14.3 Å². The highest BCUT2D eigenvalue weighted by molar-refractivity contribution is 7.08. The number of aryl methyl sites for hydroxylation is 2. The van der Waals surface area contributed by atoms with Gasteiger partial charge in [0.2, 0.25) is 23.5 Å². The topological polar surface area (TPSA) is 79.5 Å². The van der Waals surface area contributed by atoms with E-state index < -0.39 is 0 Å². The third-order valence-corrected chi connectivity index (χ3v) is 6.72. The molecule has 154 valence electrons. The van der Waals surface area contributed by atoms with Gasteiger partial charge in [0.15, 0.2) is 0 Å². The quantitative estimate of drug-likeness (QED) is 0.644. The Kier molecular flexibility index (Phi) is 4.66. The third kappa shape index (κ3) is 3.31. The summed E-state index contributed by atoms with van der Waals surface area (Å²) < 4.78 is 5.40. The van der Waals surface area contributed by atoms with Crippen molar-refractivity contribution in [1.82, 2.24) is 15.0 Å². The number of carbonyl (C=O) groups is 2. The van der Waals surface area contributed by atoms with Gasteiger partial charge in [-0.2, -0.15) is 16.3 Å². The summed E-state index contributed by atoms with van der Waals surface area (Å²) in [5.74, 6) is 0.946. The maximum Gasteiger partial charge on any atom is 0.233 e. The van der Waals surface area contributed by atoms with E-state index in [4.69, 9.17) is 4.52 Å². The normalized spacial score (nSPS) is 19.4. The number of amides is 2. The van der Waals surface area contributed by atoms with Crippen molar-refractivity contribution in [2.24, 2.45) is 5.92 Å². The highest BCUT2D eigenvalue weighted by atomic mass is 32.1. The van der Waals surface area contributed by atoms with E-state index in [0.717, 1.165) is 16.8 Å². The number of likely N-dealkylation sites (tertiary alicyclic amines) is 1. The van der Waals surface area contributed by atoms with E-state index in [1.54, 1.807) is 21.1 Å². The number of aromatic nitrogens is 2. The molecule has 8 heteroatoms. The van der Waals surface area contributed by atoms with Crippen LogP contribution in [0.5, 0.6) is 0 Å². The molecule has 0 radical (unpaired) electrons. The summed E-state index contributed by atoms with van der Waals surface area (Å²) in [7, 11) is 0. The van der Waals surface area contributed by atoms with E-state index in [-0.39, 0.29) is 30.1 Å². The van der Waals surface area contributed by atoms with Crippen LogP contribution in [0.4, 0.5) is 5.69 Å². The number of carbonyl (C=O) groups excluding carboxylic acids is 2. The summed E-state index contributed by atoms with van der Waals surface area (Å²) in [5, 5.41) is 7.99. The van der Waals surface area contributed by atoms with Gasteiger partial charge in [0.1, 0.15) is 0 Å². The standard InChI is InChI=1S/C22H22N4O3S/c1-13-3-4-18(7-14(13)2)26-11-16(8-19(26)27)22(28)25-9-17(10-25)21-23-20(24-29-21)15-5-6-30-12-15/h3-7,12,16-17H,8-11H2,1-2H3. The van der Waals surface area contributed by atoms with Gasteiger partial charge >= 0.3 is 0 Å². The molecule has 1 unspecified atom stereocenters. The Morgan fingerprint density at radius 1 is 1.17 bits per heavy atom. The average Bonchev–Trinajstić information content (AvgIpc) is 3.43. The number of hydrogen-bond acceptors (Lipinski definition) is 6. The van der Waals surface area contributed by atoms with Crippen molar-refractivity contribution >= 4 is 28.8 Å². The van der Waals surface area contributed by atoms with Crippen LogP contribution in [-0.2, 0) is 9.59 Å². The molecule has 0 spiro atoms. The van der Waals surface area contributed by atoms with Crippen molar-refractivity contribution in [2.75, 3.05) is 24.5 Å². The Morgan fingerprint density at radius 3 is 2.73 bits per heavy atom. The molecule has 0 aliphatic carbocycles. The SMILES string of the molecule is Cc1ccc(N2CC(C(=O)N3CC(c4nc(-c5ccsc5)no4)C3)CC2=O)cc1C. The van der Waals surface area contributed by atoms with Crippen LogP contribution < -0.4 is 4.90 Å². The summed E-state index contributed by atoms with van der Waals surface area (Å²) in [4.78, 5) is 33.5. The van der Waals surface area contributed by atoms with Crippen molar-refractivity contribution < 1.29 is 14.1 Å². The summed E-state index contributed by atoms with van der Waals surface area (Å²) >= 11 is 1.58. The molecule has 5 rings (SSSR count). The summed E-state index contributed by atoms with van der Waals surface area (Å²) in [6, 6.07) is 7.93. The monoisotopic (exact) mass is 422 g/mol. The largest absolute Gasteiger partial charge is 0.341 e. The van der Waals surface area contributed by atoms with E-state index >= 15 is 0 Å². The molecule has 2 amide bonds. The average molecular weight is 423 g/mol. The van der Waals surface area contributed by atoms with E-state index in [9.17, 15) is 9.59 Å². The second-order valence-electron chi connectivity index (χ2n) is 8.08. The minimum absolute atomic E-state index is 0.00554. The predicted molar refractivity (Wildman–Crippen MR) is 113 cm³/mol. The molecule has 0 N–H and O–H groups in total. The lowest BCUT2D eigenvalue weighted by atomic mass is 9.96. The fraction of sp³-hybridized carbons (Fsp3) is 0.364. The second kappa shape index (κ2) is 7.36. The summed E-state index contributed by atoms with van der Waals surface area (Å²) in [6.45, 7) is 5.62. The molecular weight excluding hydrogens is 400 g/mol. The first-order valence-corrected chi connectivity index (χ1v) is 11.0. The molecular formula is C22H22N4O3S. The molecule has 2 fully saturated rings. The molecule has 3 aromatic rings. The Bertz CT molecular complexity index is 1100. The van der Waals surface area contributed by atoms with Crippen LogP contribution in [0.3, 0.4) is 0 Å². The molecule has 0 saturated carbocycles. The first kappa shape index (κ1) is 19.0. The number of thiophene rings is 1. The zero-order valence-corrected chi connectivity index (χ0v) is 17.7. The number of nitrogens with zero attached hydrogens (tertiary/aromatic N) is 4. The molecule has 2 saturated heterocycles. The second-order valence-corrected chi connectivity index (χ2v) is 8.86. The molecule has 4 heterocycles. The molecule has 1 aromatic carbocycles. The van der Waals surface area contributed by atoms with Crippen molar-refractivity contribution in [2.45, 2.75) is 26.2 Å². The predicted octanol–water partition coefficient (Wildman–Crippen LogP) is 3.39. The lowest BCUT2D eigenvalue weighted by Gasteiger charge is -2.38. The van der Waals surface area contributed by atoms with Crippen LogP contribution in [0, 0.1) is 19.8 Å². The molecule has 2 aromatic heterocycles. The van der Waals surface area contributed by atoms with Gasteiger partial charge in [-0.25, -0.2) is 0 Å². The molecule has 1 atom stereocenters. The van der Waals surface area contributed by atoms with Crippen LogP contribution in [0.1, 0.15) is 29.4 Å². The number of anilines is 1. The van der Waals surface area contributed by atoms with Crippen molar-refractivity contribution in [1.29, 1.82) is 0 Å². The van der Waals surface area contributed by atoms with Crippen LogP contribution in [0.15, 0.2) is 39.5 Å². The van der Waals surface area contributed by atoms with E-state index in [1.165, 1.54) is 5.56 Å². The van der Waals surface area contributed by atoms with Crippen LogP contribution in [0.2, 0.25) is 0 Å². The van der Waals surface area contributed by atoms with Gasteiger partial charge in [0.25, 0.3) is 0 Å². The van der Waals surface area contributed by atoms with Crippen molar-refractivity contribution in [3.63, 3.8) is 0 Å². The van der Waals surface area contributed by atoms with Gasteiger partial charge in [-0.05, 0) is 48.6 Å². The van der Waals surface area contributed by atoms with Crippen LogP contribution in [-0.4, -0.2) is 46.5 Å². The van der Waals surface area contributed by atoms with Gasteiger partial charge in [0, 0.05) is 42.7 Å². The smallest absolute Gasteiger partial charge is 0.233 e. The zero-order valence-electron chi connectivity index (χ0n) is 16.9. The molecule has 2 aliphatic heterocycles. The van der Waals surface area contributed by atoms with Crippen LogP contribution >= 0.6 is 11.3 Å². The van der Waals surface area contributed by atoms with Crippen molar-refractivity contribution in [3.8, 4) is 11.4 Å². The highest BCUT2D eigenvalue weighted by Crippen LogP contribution is 2.32. The number of benzene rings is 1. The Labute approximate surface area is 178 Å². The maximum atomic E-state index is 12.9. The Morgan fingerprint density at radius 2 is 2.00 bits per heavy atom. The van der Waals surface area contributed by atoms with E-state index in [1.807, 2.05) is 48.9 Å². The molecule has 2 aliphatic rings. The van der Waals surface area contributed by atoms with Crippen molar-refractivity contribution in [3.05, 3.63) is 52.0 Å². The first-order valence-electron chi connectivity index (χ1n) is 10.0. The first-order chi connectivity index (χ1) is 14.5. The van der Waals surface area contributed by atoms with Gasteiger partial charge in [-0.1, -0.05) is 11.2 Å². The van der Waals surface area contributed by atoms with Gasteiger partial charge in [-0.3, -0.25) is 9.59 Å². The number of hydrogen-bond donors (Lipinski definition) is 0. The lowest BCUT2D eigenvalue weighted by Crippen LogP contribution is -2.51. The fourth-order valence-electron chi connectivity index (χ4n) is 4.00. The highest BCUT2D eigenvalue weighted by Gasteiger charge is 2.42. The Balaban J connectivity index is 1.21. The minimum atomic E-state index is -0.302. The Hall–Kier alpha value is -3.00. The van der Waals surface area contributed by atoms with Gasteiger partial charge in [-0.15, -0.1) is 0 Å². The summed E-state index contributed by atoms with van der Waals surface area (Å²) in [6.07, 6.45) is 0.260. The zero-order chi connectivity index (χ0) is 20.8. The number of rotatable bonds is 4. The minimum Gasteiger partial charge on any atom is -0.341 e. The van der Waals surface area contributed by atoms with E-state index in [0.29, 0.717) is 31.3 Å². The summed E-state index contributed by atoms with van der Waals surface area (Å²) in [5.41, 5.74) is 4.14. The van der Waals surface area contributed by atoms with Gasteiger partial charge in [0.05, 0.1) is 11.8 Å². The third-order valence-electron chi connectivity index (χ3n) is 6.04. The van der Waals surface area contributed by atoms with E-state index in [2.05, 4.69) is 10.1 Å². The fourth-order valence-corrected chi connectivity index (χ4v) is 4.63. The molecule has 0 bridgehead atoms.